The molecule has 0 spiro atoms. The zero-order valence-electron chi connectivity index (χ0n) is 11.5. The van der Waals surface area contributed by atoms with Crippen molar-refractivity contribution in [1.82, 2.24) is 14.7 Å². The zero-order valence-corrected chi connectivity index (χ0v) is 12.3. The average molecular weight is 269 g/mol. The van der Waals surface area contributed by atoms with Gasteiger partial charge in [-0.05, 0) is 19.4 Å². The fraction of sp³-hybridized carbons (Fsp3) is 1.00. The monoisotopic (exact) mass is 269 g/mol. The molecule has 0 aromatic heterocycles. The van der Waals surface area contributed by atoms with E-state index in [1.807, 2.05) is 0 Å². The van der Waals surface area contributed by atoms with Crippen LogP contribution in [0.25, 0.3) is 0 Å². The minimum atomic E-state index is 0.879. The van der Waals surface area contributed by atoms with E-state index in [4.69, 9.17) is 0 Å². The van der Waals surface area contributed by atoms with Crippen LogP contribution in [-0.4, -0.2) is 84.6 Å². The summed E-state index contributed by atoms with van der Waals surface area (Å²) in [6, 6.07) is 0.879. The first-order valence-electron chi connectivity index (χ1n) is 7.68. The molecule has 3 heterocycles. The summed E-state index contributed by atoms with van der Waals surface area (Å²) in [6.07, 6.45) is 4.33. The second-order valence-corrected chi connectivity index (χ2v) is 7.16. The Morgan fingerprint density at radius 3 is 2.56 bits per heavy atom. The van der Waals surface area contributed by atoms with Crippen molar-refractivity contribution in [1.29, 1.82) is 0 Å². The standard InChI is InChI=1S/C14H27N3S/c1-2-4-17-8-7-16(13-14(17)3-1)6-5-15-9-11-18-12-10-15/h14H,1-13H2. The number of fused-ring (bicyclic) bond motifs is 1. The molecule has 0 amide bonds. The molecule has 3 nitrogen and oxygen atoms in total. The predicted octanol–water partition coefficient (Wildman–Crippen LogP) is 1.21. The van der Waals surface area contributed by atoms with E-state index in [1.54, 1.807) is 0 Å². The number of rotatable bonds is 3. The largest absolute Gasteiger partial charge is 0.300 e. The van der Waals surface area contributed by atoms with Gasteiger partial charge in [0, 0.05) is 63.4 Å². The van der Waals surface area contributed by atoms with E-state index in [2.05, 4.69) is 26.5 Å². The van der Waals surface area contributed by atoms with E-state index in [9.17, 15) is 0 Å². The van der Waals surface area contributed by atoms with Crippen molar-refractivity contribution < 1.29 is 0 Å². The van der Waals surface area contributed by atoms with Crippen molar-refractivity contribution >= 4 is 11.8 Å². The Morgan fingerprint density at radius 2 is 1.67 bits per heavy atom. The van der Waals surface area contributed by atoms with Crippen LogP contribution in [0.2, 0.25) is 0 Å². The van der Waals surface area contributed by atoms with E-state index in [-0.39, 0.29) is 0 Å². The molecule has 0 N–H and O–H groups in total. The molecule has 0 aliphatic carbocycles. The Hall–Kier alpha value is 0.230. The Morgan fingerprint density at radius 1 is 0.833 bits per heavy atom. The summed E-state index contributed by atoms with van der Waals surface area (Å²) < 4.78 is 0. The first kappa shape index (κ1) is 13.2. The van der Waals surface area contributed by atoms with E-state index in [1.165, 1.54) is 83.1 Å². The van der Waals surface area contributed by atoms with Gasteiger partial charge in [-0.15, -0.1) is 0 Å². The van der Waals surface area contributed by atoms with Crippen molar-refractivity contribution in [2.24, 2.45) is 0 Å². The van der Waals surface area contributed by atoms with Crippen molar-refractivity contribution in [3.8, 4) is 0 Å². The molecular weight excluding hydrogens is 242 g/mol. The lowest BCUT2D eigenvalue weighted by molar-refractivity contribution is 0.0449. The van der Waals surface area contributed by atoms with Gasteiger partial charge < -0.3 is 4.90 Å². The highest BCUT2D eigenvalue weighted by molar-refractivity contribution is 7.99. The lowest BCUT2D eigenvalue weighted by Gasteiger charge is -2.44. The molecule has 0 aromatic carbocycles. The van der Waals surface area contributed by atoms with Gasteiger partial charge >= 0.3 is 0 Å². The molecule has 3 fully saturated rings. The van der Waals surface area contributed by atoms with Crippen molar-refractivity contribution in [3.05, 3.63) is 0 Å². The molecule has 3 aliphatic heterocycles. The Kier molecular flexibility index (Phi) is 4.85. The molecule has 0 bridgehead atoms. The van der Waals surface area contributed by atoms with Crippen LogP contribution in [0.3, 0.4) is 0 Å². The van der Waals surface area contributed by atoms with Gasteiger partial charge in [-0.3, -0.25) is 9.80 Å². The minimum Gasteiger partial charge on any atom is -0.300 e. The Balaban J connectivity index is 1.40. The molecule has 104 valence electrons. The van der Waals surface area contributed by atoms with E-state index in [0.717, 1.165) is 6.04 Å². The molecular formula is C14H27N3S. The maximum Gasteiger partial charge on any atom is 0.0223 e. The number of nitrogens with zero attached hydrogens (tertiary/aromatic N) is 3. The summed E-state index contributed by atoms with van der Waals surface area (Å²) in [5.41, 5.74) is 0. The summed E-state index contributed by atoms with van der Waals surface area (Å²) in [4.78, 5) is 8.11. The van der Waals surface area contributed by atoms with Crippen LogP contribution in [0, 0.1) is 0 Å². The fourth-order valence-electron chi connectivity index (χ4n) is 3.53. The van der Waals surface area contributed by atoms with Crippen molar-refractivity contribution in [2.75, 3.05) is 63.9 Å². The highest BCUT2D eigenvalue weighted by atomic mass is 32.2. The van der Waals surface area contributed by atoms with Gasteiger partial charge in [0.1, 0.15) is 0 Å². The fourth-order valence-corrected chi connectivity index (χ4v) is 4.51. The quantitative estimate of drug-likeness (QED) is 0.761. The van der Waals surface area contributed by atoms with Crippen LogP contribution >= 0.6 is 11.8 Å². The van der Waals surface area contributed by atoms with Crippen LogP contribution in [0.1, 0.15) is 19.3 Å². The van der Waals surface area contributed by atoms with Gasteiger partial charge in [0.15, 0.2) is 0 Å². The third-order valence-electron chi connectivity index (χ3n) is 4.76. The lowest BCUT2D eigenvalue weighted by atomic mass is 9.99. The summed E-state index contributed by atoms with van der Waals surface area (Å²) in [5.74, 6) is 2.69. The third-order valence-corrected chi connectivity index (χ3v) is 5.70. The molecule has 3 saturated heterocycles. The van der Waals surface area contributed by atoms with E-state index < -0.39 is 0 Å². The Bertz CT molecular complexity index is 255. The number of hydrogen-bond acceptors (Lipinski definition) is 4. The summed E-state index contributed by atoms with van der Waals surface area (Å²) in [5, 5.41) is 0. The van der Waals surface area contributed by atoms with Crippen molar-refractivity contribution in [3.63, 3.8) is 0 Å². The maximum absolute atomic E-state index is 2.73. The maximum atomic E-state index is 2.73. The van der Waals surface area contributed by atoms with Gasteiger partial charge in [0.05, 0.1) is 0 Å². The predicted molar refractivity (Wildman–Crippen MR) is 79.4 cm³/mol. The number of thioether (sulfide) groups is 1. The summed E-state index contributed by atoms with van der Waals surface area (Å²) in [7, 11) is 0. The molecule has 1 unspecified atom stereocenters. The van der Waals surface area contributed by atoms with Gasteiger partial charge in [-0.25, -0.2) is 0 Å². The van der Waals surface area contributed by atoms with Crippen LogP contribution in [-0.2, 0) is 0 Å². The topological polar surface area (TPSA) is 9.72 Å². The average Bonchev–Trinajstić information content (AvgIpc) is 2.46. The van der Waals surface area contributed by atoms with Gasteiger partial charge in [0.2, 0.25) is 0 Å². The van der Waals surface area contributed by atoms with E-state index >= 15 is 0 Å². The molecule has 1 atom stereocenters. The first-order chi connectivity index (χ1) is 8.92. The van der Waals surface area contributed by atoms with Crippen LogP contribution in [0.15, 0.2) is 0 Å². The normalized spacial score (nSPS) is 32.3. The van der Waals surface area contributed by atoms with Gasteiger partial charge in [0.25, 0.3) is 0 Å². The number of hydrogen-bond donors (Lipinski definition) is 0. The smallest absolute Gasteiger partial charge is 0.0223 e. The molecule has 18 heavy (non-hydrogen) atoms. The van der Waals surface area contributed by atoms with Crippen molar-refractivity contribution in [2.45, 2.75) is 25.3 Å². The summed E-state index contributed by atoms with van der Waals surface area (Å²) >= 11 is 2.11. The highest BCUT2D eigenvalue weighted by Crippen LogP contribution is 2.21. The number of piperidine rings is 1. The molecule has 0 radical (unpaired) electrons. The van der Waals surface area contributed by atoms with Crippen LogP contribution in [0.5, 0.6) is 0 Å². The lowest BCUT2D eigenvalue weighted by Crippen LogP contribution is -2.55. The second-order valence-electron chi connectivity index (χ2n) is 5.94. The molecule has 0 aromatic rings. The molecule has 4 heteroatoms. The SMILES string of the molecule is C1CCN2CCN(CCN3CCSCC3)CC2C1. The van der Waals surface area contributed by atoms with Crippen LogP contribution in [0.4, 0.5) is 0 Å². The van der Waals surface area contributed by atoms with Gasteiger partial charge in [-0.1, -0.05) is 6.42 Å². The number of piperazine rings is 1. The van der Waals surface area contributed by atoms with E-state index in [0.29, 0.717) is 0 Å². The first-order valence-corrected chi connectivity index (χ1v) is 8.84. The van der Waals surface area contributed by atoms with Crippen LogP contribution < -0.4 is 0 Å². The molecule has 3 aliphatic rings. The third kappa shape index (κ3) is 3.41. The second kappa shape index (κ2) is 6.60. The molecule has 0 saturated carbocycles. The Labute approximate surface area is 116 Å². The zero-order chi connectivity index (χ0) is 12.2. The summed E-state index contributed by atoms with van der Waals surface area (Å²) in [6.45, 7) is 10.6. The van der Waals surface area contributed by atoms with Gasteiger partial charge in [-0.2, -0.15) is 11.8 Å². The highest BCUT2D eigenvalue weighted by Gasteiger charge is 2.28. The minimum absolute atomic E-state index is 0.879. The molecule has 3 rings (SSSR count).